The van der Waals surface area contributed by atoms with Crippen molar-refractivity contribution >= 4 is 17.3 Å². The molecule has 116 valence electrons. The molecule has 5 nitrogen and oxygen atoms in total. The summed E-state index contributed by atoms with van der Waals surface area (Å²) in [4.78, 5) is 13.7. The van der Waals surface area contributed by atoms with Crippen molar-refractivity contribution in [1.29, 1.82) is 0 Å². The largest absolute Gasteiger partial charge is 0.397 e. The number of amides is 1. The lowest BCUT2D eigenvalue weighted by atomic mass is 10.0. The molecule has 21 heavy (non-hydrogen) atoms. The minimum Gasteiger partial charge on any atom is -0.397 e. The number of rotatable bonds is 5. The second-order valence-corrected chi connectivity index (χ2v) is 5.88. The van der Waals surface area contributed by atoms with Crippen molar-refractivity contribution in [2.75, 3.05) is 31.2 Å². The number of likely N-dealkylation sites (N-methyl/N-ethyl adjacent to an activating group) is 1. The van der Waals surface area contributed by atoms with Crippen LogP contribution in [-0.4, -0.2) is 41.7 Å². The highest BCUT2D eigenvalue weighted by molar-refractivity contribution is 5.95. The SMILES string of the molecule is CN(CC(=O)Nc1cc(F)ccc1N)CC1(O)CCCC1. The standard InChI is InChI=1S/C15H22FN3O2/c1-19(10-15(21)6-2-3-7-15)9-14(20)18-13-8-11(16)4-5-12(13)17/h4-5,8,21H,2-3,6-7,9-10,17H2,1H3,(H,18,20). The molecule has 0 heterocycles. The maximum Gasteiger partial charge on any atom is 0.238 e. The number of halogens is 1. The van der Waals surface area contributed by atoms with Gasteiger partial charge in [-0.2, -0.15) is 0 Å². The predicted molar refractivity (Wildman–Crippen MR) is 80.4 cm³/mol. The number of anilines is 2. The minimum atomic E-state index is -0.688. The topological polar surface area (TPSA) is 78.6 Å². The van der Waals surface area contributed by atoms with E-state index in [0.29, 0.717) is 12.2 Å². The summed E-state index contributed by atoms with van der Waals surface area (Å²) in [5.41, 5.74) is 5.59. The molecule has 1 aliphatic carbocycles. The molecule has 1 aliphatic rings. The van der Waals surface area contributed by atoms with Gasteiger partial charge in [-0.3, -0.25) is 9.69 Å². The molecule has 0 bridgehead atoms. The van der Waals surface area contributed by atoms with Gasteiger partial charge in [-0.15, -0.1) is 0 Å². The molecular weight excluding hydrogens is 273 g/mol. The number of carbonyl (C=O) groups excluding carboxylic acids is 1. The third-order valence-corrected chi connectivity index (χ3v) is 3.80. The van der Waals surface area contributed by atoms with Crippen molar-refractivity contribution in [3.05, 3.63) is 24.0 Å². The van der Waals surface area contributed by atoms with Crippen LogP contribution in [0.1, 0.15) is 25.7 Å². The van der Waals surface area contributed by atoms with Gasteiger partial charge in [0.05, 0.1) is 23.5 Å². The summed E-state index contributed by atoms with van der Waals surface area (Å²) in [6, 6.07) is 3.85. The van der Waals surface area contributed by atoms with Crippen molar-refractivity contribution in [3.8, 4) is 0 Å². The number of hydrogen-bond donors (Lipinski definition) is 3. The van der Waals surface area contributed by atoms with Crippen LogP contribution in [0.3, 0.4) is 0 Å². The van der Waals surface area contributed by atoms with Gasteiger partial charge in [0, 0.05) is 6.54 Å². The third kappa shape index (κ3) is 4.41. The second kappa shape index (κ2) is 6.41. The van der Waals surface area contributed by atoms with Crippen LogP contribution in [0.5, 0.6) is 0 Å². The number of nitrogen functional groups attached to an aromatic ring is 1. The highest BCUT2D eigenvalue weighted by Gasteiger charge is 2.32. The predicted octanol–water partition coefficient (Wildman–Crippen LogP) is 1.58. The van der Waals surface area contributed by atoms with E-state index in [2.05, 4.69) is 5.32 Å². The van der Waals surface area contributed by atoms with Crippen molar-refractivity contribution in [2.45, 2.75) is 31.3 Å². The van der Waals surface area contributed by atoms with E-state index in [9.17, 15) is 14.3 Å². The number of carbonyl (C=O) groups is 1. The Hall–Kier alpha value is -1.66. The van der Waals surface area contributed by atoms with Crippen LogP contribution in [-0.2, 0) is 4.79 Å². The van der Waals surface area contributed by atoms with Gasteiger partial charge < -0.3 is 16.2 Å². The molecular formula is C15H22FN3O2. The average Bonchev–Trinajstić information content (AvgIpc) is 2.79. The van der Waals surface area contributed by atoms with E-state index in [1.54, 1.807) is 11.9 Å². The molecule has 0 unspecified atom stereocenters. The molecule has 1 aromatic carbocycles. The average molecular weight is 295 g/mol. The first-order valence-corrected chi connectivity index (χ1v) is 7.14. The van der Waals surface area contributed by atoms with Crippen LogP contribution < -0.4 is 11.1 Å². The highest BCUT2D eigenvalue weighted by atomic mass is 19.1. The Balaban J connectivity index is 1.87. The normalized spacial score (nSPS) is 17.1. The Kier molecular flexibility index (Phi) is 4.80. The Morgan fingerprint density at radius 1 is 1.48 bits per heavy atom. The number of benzene rings is 1. The fourth-order valence-corrected chi connectivity index (χ4v) is 2.82. The number of nitrogens with zero attached hydrogens (tertiary/aromatic N) is 1. The summed E-state index contributed by atoms with van der Waals surface area (Å²) in [6.07, 6.45) is 3.60. The molecule has 1 aromatic rings. The van der Waals surface area contributed by atoms with Crippen LogP contribution >= 0.6 is 0 Å². The van der Waals surface area contributed by atoms with Crippen LogP contribution in [0.4, 0.5) is 15.8 Å². The fraction of sp³-hybridized carbons (Fsp3) is 0.533. The van der Waals surface area contributed by atoms with E-state index >= 15 is 0 Å². The molecule has 2 rings (SSSR count). The molecule has 4 N–H and O–H groups in total. The molecule has 0 spiro atoms. The van der Waals surface area contributed by atoms with Gasteiger partial charge in [-0.05, 0) is 38.1 Å². The van der Waals surface area contributed by atoms with E-state index in [-0.39, 0.29) is 18.1 Å². The number of hydrogen-bond acceptors (Lipinski definition) is 4. The van der Waals surface area contributed by atoms with Gasteiger partial charge >= 0.3 is 0 Å². The first kappa shape index (κ1) is 15.7. The van der Waals surface area contributed by atoms with Crippen molar-refractivity contribution in [2.24, 2.45) is 0 Å². The molecule has 1 saturated carbocycles. The summed E-state index contributed by atoms with van der Waals surface area (Å²) < 4.78 is 13.1. The maximum absolute atomic E-state index is 13.1. The molecule has 0 radical (unpaired) electrons. The van der Waals surface area contributed by atoms with Gasteiger partial charge in [0.15, 0.2) is 0 Å². The van der Waals surface area contributed by atoms with Crippen molar-refractivity contribution in [1.82, 2.24) is 4.90 Å². The molecule has 0 aromatic heterocycles. The smallest absolute Gasteiger partial charge is 0.238 e. The van der Waals surface area contributed by atoms with Gasteiger partial charge in [-0.25, -0.2) is 4.39 Å². The maximum atomic E-state index is 13.1. The van der Waals surface area contributed by atoms with E-state index in [1.165, 1.54) is 18.2 Å². The second-order valence-electron chi connectivity index (χ2n) is 5.88. The lowest BCUT2D eigenvalue weighted by Crippen LogP contribution is -2.42. The molecule has 1 amide bonds. The monoisotopic (exact) mass is 295 g/mol. The molecule has 1 fully saturated rings. The number of nitrogens with two attached hydrogens (primary N) is 1. The summed E-state index contributed by atoms with van der Waals surface area (Å²) >= 11 is 0. The molecule has 6 heteroatoms. The summed E-state index contributed by atoms with van der Waals surface area (Å²) in [6.45, 7) is 0.581. The summed E-state index contributed by atoms with van der Waals surface area (Å²) in [7, 11) is 1.78. The Labute approximate surface area is 123 Å². The first-order chi connectivity index (χ1) is 9.88. The fourth-order valence-electron chi connectivity index (χ4n) is 2.82. The van der Waals surface area contributed by atoms with Crippen molar-refractivity contribution < 1.29 is 14.3 Å². The van der Waals surface area contributed by atoms with E-state index in [1.807, 2.05) is 0 Å². The molecule has 0 saturated heterocycles. The highest BCUT2D eigenvalue weighted by Crippen LogP contribution is 2.29. The van der Waals surface area contributed by atoms with Crippen molar-refractivity contribution in [3.63, 3.8) is 0 Å². The third-order valence-electron chi connectivity index (χ3n) is 3.80. The van der Waals surface area contributed by atoms with E-state index in [4.69, 9.17) is 5.73 Å². The summed E-state index contributed by atoms with van der Waals surface area (Å²) in [5.74, 6) is -0.732. The van der Waals surface area contributed by atoms with Crippen LogP contribution in [0.15, 0.2) is 18.2 Å². The summed E-state index contributed by atoms with van der Waals surface area (Å²) in [5, 5.41) is 12.9. The lowest BCUT2D eigenvalue weighted by Gasteiger charge is -2.28. The zero-order valence-corrected chi connectivity index (χ0v) is 12.2. The molecule has 0 aliphatic heterocycles. The zero-order chi connectivity index (χ0) is 15.5. The minimum absolute atomic E-state index is 0.123. The van der Waals surface area contributed by atoms with E-state index < -0.39 is 11.4 Å². The lowest BCUT2D eigenvalue weighted by molar-refractivity contribution is -0.117. The van der Waals surface area contributed by atoms with Gasteiger partial charge in [-0.1, -0.05) is 12.8 Å². The Morgan fingerprint density at radius 2 is 2.14 bits per heavy atom. The molecule has 0 atom stereocenters. The quantitative estimate of drug-likeness (QED) is 0.721. The number of aliphatic hydroxyl groups is 1. The van der Waals surface area contributed by atoms with Crippen LogP contribution in [0.2, 0.25) is 0 Å². The Bertz CT molecular complexity index is 516. The van der Waals surface area contributed by atoms with Gasteiger partial charge in [0.25, 0.3) is 0 Å². The zero-order valence-electron chi connectivity index (χ0n) is 12.2. The number of nitrogens with one attached hydrogen (secondary N) is 1. The van der Waals surface area contributed by atoms with Crippen LogP contribution in [0, 0.1) is 5.82 Å². The Morgan fingerprint density at radius 3 is 2.81 bits per heavy atom. The van der Waals surface area contributed by atoms with Crippen LogP contribution in [0.25, 0.3) is 0 Å². The van der Waals surface area contributed by atoms with Gasteiger partial charge in [0.2, 0.25) is 5.91 Å². The van der Waals surface area contributed by atoms with E-state index in [0.717, 1.165) is 25.7 Å². The van der Waals surface area contributed by atoms with Gasteiger partial charge in [0.1, 0.15) is 5.82 Å². The first-order valence-electron chi connectivity index (χ1n) is 7.14.